The molecular weight excluding hydrogens is 240 g/mol. The number of carbonyl (C=O) groups is 1. The van der Waals surface area contributed by atoms with Crippen LogP contribution in [0.5, 0.6) is 17.8 Å². The second-order valence-electron chi connectivity index (χ2n) is 3.66. The van der Waals surface area contributed by atoms with E-state index in [4.69, 9.17) is 18.9 Å². The minimum absolute atomic E-state index is 0.0892. The van der Waals surface area contributed by atoms with Crippen molar-refractivity contribution in [1.29, 1.82) is 0 Å². The first-order valence-corrected chi connectivity index (χ1v) is 5.48. The Morgan fingerprint density at radius 1 is 1.28 bits per heavy atom. The van der Waals surface area contributed by atoms with E-state index in [0.29, 0.717) is 19.5 Å². The highest BCUT2D eigenvalue weighted by molar-refractivity contribution is 5.81. The molecule has 0 N–H and O–H groups in total. The zero-order chi connectivity index (χ0) is 13.0. The molecule has 0 amide bonds. The van der Waals surface area contributed by atoms with Crippen LogP contribution in [0.25, 0.3) is 0 Å². The number of nitrogens with zero attached hydrogens (tertiary/aromatic N) is 2. The van der Waals surface area contributed by atoms with Crippen LogP contribution in [-0.4, -0.2) is 49.8 Å². The van der Waals surface area contributed by atoms with Crippen LogP contribution in [0.3, 0.4) is 0 Å². The molecule has 0 saturated carbocycles. The van der Waals surface area contributed by atoms with Crippen molar-refractivity contribution < 1.29 is 23.7 Å². The van der Waals surface area contributed by atoms with E-state index in [1.807, 2.05) is 0 Å². The summed E-state index contributed by atoms with van der Waals surface area (Å²) in [6.45, 7) is 1.12. The molecule has 1 aliphatic rings. The summed E-state index contributed by atoms with van der Waals surface area (Å²) in [5.74, 6) is 0.287. The lowest BCUT2D eigenvalue weighted by atomic mass is 10.3. The normalized spacial score (nSPS) is 18.4. The summed E-state index contributed by atoms with van der Waals surface area (Å²) in [6, 6.07) is 0.0892. The van der Waals surface area contributed by atoms with Gasteiger partial charge in [0.25, 0.3) is 0 Å². The Labute approximate surface area is 104 Å². The van der Waals surface area contributed by atoms with E-state index in [-0.39, 0.29) is 29.4 Å². The third-order valence-corrected chi connectivity index (χ3v) is 2.52. The van der Waals surface area contributed by atoms with E-state index < -0.39 is 0 Å². The molecule has 0 spiro atoms. The smallest absolute Gasteiger partial charge is 0.322 e. The van der Waals surface area contributed by atoms with Crippen molar-refractivity contribution in [3.05, 3.63) is 5.56 Å². The Kier molecular flexibility index (Phi) is 3.93. The van der Waals surface area contributed by atoms with Gasteiger partial charge in [-0.15, -0.1) is 0 Å². The van der Waals surface area contributed by atoms with E-state index in [1.165, 1.54) is 14.2 Å². The Bertz CT molecular complexity index is 432. The van der Waals surface area contributed by atoms with Gasteiger partial charge in [-0.25, -0.2) is 0 Å². The van der Waals surface area contributed by atoms with Crippen molar-refractivity contribution in [2.75, 3.05) is 27.4 Å². The molecule has 1 saturated heterocycles. The summed E-state index contributed by atoms with van der Waals surface area (Å²) >= 11 is 0. The number of hydrogen-bond acceptors (Lipinski definition) is 7. The number of carbonyl (C=O) groups excluding carboxylic acids is 1. The van der Waals surface area contributed by atoms with Crippen molar-refractivity contribution in [2.45, 2.75) is 12.5 Å². The van der Waals surface area contributed by atoms with Crippen molar-refractivity contribution in [2.24, 2.45) is 0 Å². The van der Waals surface area contributed by atoms with Gasteiger partial charge < -0.3 is 18.9 Å². The molecular formula is C11H14N2O5. The molecule has 2 heterocycles. The highest BCUT2D eigenvalue weighted by Gasteiger charge is 2.23. The fourth-order valence-corrected chi connectivity index (χ4v) is 1.61. The van der Waals surface area contributed by atoms with Gasteiger partial charge in [0.15, 0.2) is 6.29 Å². The maximum Gasteiger partial charge on any atom is 0.322 e. The van der Waals surface area contributed by atoms with E-state index in [9.17, 15) is 4.79 Å². The minimum atomic E-state index is -0.118. The number of ether oxygens (including phenoxy) is 4. The quantitative estimate of drug-likeness (QED) is 0.707. The highest BCUT2D eigenvalue weighted by atomic mass is 16.6. The van der Waals surface area contributed by atoms with Gasteiger partial charge in [0.1, 0.15) is 11.7 Å². The van der Waals surface area contributed by atoms with Gasteiger partial charge >= 0.3 is 6.01 Å². The molecule has 0 radical (unpaired) electrons. The lowest BCUT2D eigenvalue weighted by Crippen LogP contribution is -2.18. The molecule has 7 nitrogen and oxygen atoms in total. The fraction of sp³-hybridized carbons (Fsp3) is 0.545. The predicted octanol–water partition coefficient (Wildman–Crippen LogP) is 0.474. The zero-order valence-corrected chi connectivity index (χ0v) is 10.2. The van der Waals surface area contributed by atoms with Crippen LogP contribution in [0.4, 0.5) is 0 Å². The summed E-state index contributed by atoms with van der Waals surface area (Å²) < 4.78 is 20.8. The molecule has 98 valence electrons. The van der Waals surface area contributed by atoms with Crippen molar-refractivity contribution in [3.8, 4) is 17.8 Å². The summed E-state index contributed by atoms with van der Waals surface area (Å²) in [4.78, 5) is 19.0. The summed E-state index contributed by atoms with van der Waals surface area (Å²) in [7, 11) is 2.84. The predicted molar refractivity (Wildman–Crippen MR) is 60.4 cm³/mol. The molecule has 0 bridgehead atoms. The molecule has 1 aromatic rings. The van der Waals surface area contributed by atoms with Crippen LogP contribution >= 0.6 is 0 Å². The molecule has 0 aliphatic carbocycles. The second-order valence-corrected chi connectivity index (χ2v) is 3.66. The lowest BCUT2D eigenvalue weighted by molar-refractivity contribution is 0.110. The maximum atomic E-state index is 11.1. The standard InChI is InChI=1S/C11H14N2O5/c1-15-9-8(5-14)10(13-11(12-9)16-2)18-7-3-4-17-6-7/h5,7H,3-4,6H2,1-2H3/t7-/m0/s1. The van der Waals surface area contributed by atoms with Gasteiger partial charge in [-0.3, -0.25) is 4.79 Å². The van der Waals surface area contributed by atoms with E-state index in [1.54, 1.807) is 0 Å². The first-order valence-electron chi connectivity index (χ1n) is 5.48. The molecule has 1 atom stereocenters. The van der Waals surface area contributed by atoms with Crippen LogP contribution in [-0.2, 0) is 4.74 Å². The molecule has 1 aliphatic heterocycles. The average molecular weight is 254 g/mol. The van der Waals surface area contributed by atoms with Crippen LogP contribution in [0.15, 0.2) is 0 Å². The number of methoxy groups -OCH3 is 2. The van der Waals surface area contributed by atoms with Crippen LogP contribution in [0, 0.1) is 0 Å². The number of hydrogen-bond donors (Lipinski definition) is 0. The second kappa shape index (κ2) is 5.63. The Morgan fingerprint density at radius 3 is 2.61 bits per heavy atom. The molecule has 0 aromatic carbocycles. The monoisotopic (exact) mass is 254 g/mol. The Hall–Kier alpha value is -1.89. The third-order valence-electron chi connectivity index (χ3n) is 2.52. The number of aromatic nitrogens is 2. The van der Waals surface area contributed by atoms with Crippen molar-refractivity contribution in [3.63, 3.8) is 0 Å². The van der Waals surface area contributed by atoms with E-state index >= 15 is 0 Å². The zero-order valence-electron chi connectivity index (χ0n) is 10.2. The molecule has 2 rings (SSSR count). The average Bonchev–Trinajstić information content (AvgIpc) is 2.90. The summed E-state index contributed by atoms with van der Waals surface area (Å²) in [5.41, 5.74) is 0.171. The molecule has 1 fully saturated rings. The minimum Gasteiger partial charge on any atom is -0.480 e. The topological polar surface area (TPSA) is 79.8 Å². The van der Waals surface area contributed by atoms with Gasteiger partial charge in [0.05, 0.1) is 27.4 Å². The largest absolute Gasteiger partial charge is 0.480 e. The fourth-order valence-electron chi connectivity index (χ4n) is 1.61. The Morgan fingerprint density at radius 2 is 2.06 bits per heavy atom. The van der Waals surface area contributed by atoms with Gasteiger partial charge in [0, 0.05) is 6.42 Å². The molecule has 7 heteroatoms. The van der Waals surface area contributed by atoms with Crippen molar-refractivity contribution >= 4 is 6.29 Å². The highest BCUT2D eigenvalue weighted by Crippen LogP contribution is 2.27. The van der Waals surface area contributed by atoms with Crippen LogP contribution < -0.4 is 14.2 Å². The van der Waals surface area contributed by atoms with E-state index in [0.717, 1.165) is 6.42 Å². The molecule has 0 unspecified atom stereocenters. The summed E-state index contributed by atoms with van der Waals surface area (Å²) in [5, 5.41) is 0. The lowest BCUT2D eigenvalue weighted by Gasteiger charge is -2.14. The van der Waals surface area contributed by atoms with Crippen molar-refractivity contribution in [1.82, 2.24) is 9.97 Å². The van der Waals surface area contributed by atoms with Crippen LogP contribution in [0.1, 0.15) is 16.8 Å². The van der Waals surface area contributed by atoms with Gasteiger partial charge in [-0.1, -0.05) is 0 Å². The Balaban J connectivity index is 2.32. The van der Waals surface area contributed by atoms with E-state index in [2.05, 4.69) is 9.97 Å². The SMILES string of the molecule is COc1nc(OC)c(C=O)c(O[C@H]2CCOC2)n1. The molecule has 18 heavy (non-hydrogen) atoms. The first-order chi connectivity index (χ1) is 8.78. The first kappa shape index (κ1) is 12.6. The molecule has 1 aromatic heterocycles. The van der Waals surface area contributed by atoms with Gasteiger partial charge in [-0.2, -0.15) is 9.97 Å². The van der Waals surface area contributed by atoms with Crippen LogP contribution in [0.2, 0.25) is 0 Å². The maximum absolute atomic E-state index is 11.1. The summed E-state index contributed by atoms with van der Waals surface area (Å²) in [6.07, 6.45) is 1.24. The third kappa shape index (κ3) is 2.51. The number of rotatable bonds is 5. The number of aldehydes is 1. The van der Waals surface area contributed by atoms with Gasteiger partial charge in [0.2, 0.25) is 11.8 Å². The van der Waals surface area contributed by atoms with Gasteiger partial charge in [-0.05, 0) is 0 Å².